The average Bonchev–Trinajstić information content (AvgIpc) is 2.49. The summed E-state index contributed by atoms with van der Waals surface area (Å²) in [4.78, 5) is 12.4. The van der Waals surface area contributed by atoms with Crippen molar-refractivity contribution in [3.8, 4) is 0 Å². The van der Waals surface area contributed by atoms with E-state index in [2.05, 4.69) is 21.2 Å². The molecule has 0 aliphatic rings. The second kappa shape index (κ2) is 7.00. The van der Waals surface area contributed by atoms with Crippen molar-refractivity contribution in [3.05, 3.63) is 57.5 Å². The van der Waals surface area contributed by atoms with E-state index in [0.29, 0.717) is 15.2 Å². The Labute approximate surface area is 148 Å². The highest BCUT2D eigenvalue weighted by Gasteiger charge is 2.22. The predicted octanol–water partition coefficient (Wildman–Crippen LogP) is 3.61. The minimum Gasteiger partial charge on any atom is -0.321 e. The van der Waals surface area contributed by atoms with Gasteiger partial charge in [-0.1, -0.05) is 23.7 Å². The molecule has 0 bridgehead atoms. The molecule has 122 valence electrons. The number of hydrogen-bond acceptors (Lipinski definition) is 3. The van der Waals surface area contributed by atoms with Crippen molar-refractivity contribution in [2.45, 2.75) is 4.90 Å². The fourth-order valence-corrected chi connectivity index (χ4v) is 3.82. The van der Waals surface area contributed by atoms with Gasteiger partial charge in [-0.05, 0) is 46.3 Å². The summed E-state index contributed by atoms with van der Waals surface area (Å²) in [5.41, 5.74) is 0.674. The minimum atomic E-state index is -3.66. The van der Waals surface area contributed by atoms with Gasteiger partial charge in [0.05, 0.1) is 15.6 Å². The van der Waals surface area contributed by atoms with Crippen LogP contribution in [0.5, 0.6) is 0 Å². The van der Waals surface area contributed by atoms with Crippen molar-refractivity contribution >= 4 is 49.1 Å². The van der Waals surface area contributed by atoms with Gasteiger partial charge < -0.3 is 5.32 Å². The van der Waals surface area contributed by atoms with Crippen molar-refractivity contribution < 1.29 is 13.2 Å². The topological polar surface area (TPSA) is 66.5 Å². The van der Waals surface area contributed by atoms with Crippen LogP contribution in [0.2, 0.25) is 5.02 Å². The summed E-state index contributed by atoms with van der Waals surface area (Å²) in [6.07, 6.45) is 0. The third kappa shape index (κ3) is 3.92. The normalized spacial score (nSPS) is 11.5. The van der Waals surface area contributed by atoms with Crippen molar-refractivity contribution in [3.63, 3.8) is 0 Å². The quantitative estimate of drug-likeness (QED) is 0.826. The molecule has 0 unspecified atom stereocenters. The number of amides is 1. The molecule has 0 fully saturated rings. The van der Waals surface area contributed by atoms with Crippen LogP contribution in [0.1, 0.15) is 10.4 Å². The first-order valence-corrected chi connectivity index (χ1v) is 9.12. The van der Waals surface area contributed by atoms with Crippen molar-refractivity contribution in [1.82, 2.24) is 4.31 Å². The Morgan fingerprint density at radius 1 is 1.17 bits per heavy atom. The number of benzene rings is 2. The van der Waals surface area contributed by atoms with Crippen LogP contribution in [-0.4, -0.2) is 32.7 Å². The van der Waals surface area contributed by atoms with E-state index in [1.807, 2.05) is 0 Å². The molecule has 0 heterocycles. The van der Waals surface area contributed by atoms with E-state index < -0.39 is 15.9 Å². The van der Waals surface area contributed by atoms with Crippen LogP contribution in [0.25, 0.3) is 0 Å². The molecule has 0 saturated carbocycles. The summed E-state index contributed by atoms with van der Waals surface area (Å²) < 4.78 is 26.0. The third-order valence-corrected chi connectivity index (χ3v) is 6.21. The number of nitrogens with one attached hydrogen (secondary N) is 1. The highest BCUT2D eigenvalue weighted by molar-refractivity contribution is 9.10. The first-order chi connectivity index (χ1) is 10.7. The summed E-state index contributed by atoms with van der Waals surface area (Å²) in [7, 11) is -0.807. The molecule has 1 amide bonds. The SMILES string of the molecule is CN(C)S(=O)(=O)c1cc(C(=O)Nc2ccccc2Cl)ccc1Br. The van der Waals surface area contributed by atoms with Gasteiger partial charge in [-0.2, -0.15) is 0 Å². The molecule has 23 heavy (non-hydrogen) atoms. The van der Waals surface area contributed by atoms with Crippen LogP contribution in [0.3, 0.4) is 0 Å². The Morgan fingerprint density at radius 3 is 2.43 bits per heavy atom. The molecule has 0 radical (unpaired) electrons. The number of rotatable bonds is 4. The zero-order valence-corrected chi connectivity index (χ0v) is 15.5. The Balaban J connectivity index is 2.38. The Kier molecular flexibility index (Phi) is 5.46. The number of hydrogen-bond donors (Lipinski definition) is 1. The molecule has 0 aliphatic carbocycles. The molecule has 8 heteroatoms. The molecular weight excluding hydrogens is 404 g/mol. The summed E-state index contributed by atoms with van der Waals surface area (Å²) in [5.74, 6) is -0.444. The number of carbonyl (C=O) groups is 1. The van der Waals surface area contributed by atoms with Crippen molar-refractivity contribution in [1.29, 1.82) is 0 Å². The first kappa shape index (κ1) is 17.9. The molecule has 2 aromatic rings. The first-order valence-electron chi connectivity index (χ1n) is 6.51. The Hall–Kier alpha value is -1.41. The van der Waals surface area contributed by atoms with Crippen LogP contribution >= 0.6 is 27.5 Å². The Morgan fingerprint density at radius 2 is 1.83 bits per heavy atom. The molecule has 2 aromatic carbocycles. The lowest BCUT2D eigenvalue weighted by molar-refractivity contribution is 0.102. The van der Waals surface area contributed by atoms with E-state index in [1.165, 1.54) is 32.3 Å². The standard InChI is InChI=1S/C15H14BrClN2O3S/c1-19(2)23(21,22)14-9-10(7-8-11(14)16)15(20)18-13-6-4-3-5-12(13)17/h3-9H,1-2H3,(H,18,20). The second-order valence-corrected chi connectivity index (χ2v) is 8.25. The fourth-order valence-electron chi connectivity index (χ4n) is 1.80. The molecule has 2 rings (SSSR count). The highest BCUT2D eigenvalue weighted by Crippen LogP contribution is 2.26. The van der Waals surface area contributed by atoms with Crippen LogP contribution in [-0.2, 0) is 10.0 Å². The van der Waals surface area contributed by atoms with Crippen LogP contribution in [0.4, 0.5) is 5.69 Å². The lowest BCUT2D eigenvalue weighted by Crippen LogP contribution is -2.23. The molecule has 1 N–H and O–H groups in total. The molecular formula is C15H14BrClN2O3S. The number of para-hydroxylation sites is 1. The summed E-state index contributed by atoms with van der Waals surface area (Å²) in [6, 6.07) is 11.2. The van der Waals surface area contributed by atoms with E-state index in [-0.39, 0.29) is 10.5 Å². The van der Waals surface area contributed by atoms with E-state index in [4.69, 9.17) is 11.6 Å². The number of halogens is 2. The van der Waals surface area contributed by atoms with Crippen molar-refractivity contribution in [2.24, 2.45) is 0 Å². The third-order valence-electron chi connectivity index (χ3n) is 3.07. The van der Waals surface area contributed by atoms with E-state index >= 15 is 0 Å². The van der Waals surface area contributed by atoms with Gasteiger partial charge in [-0.3, -0.25) is 4.79 Å². The second-order valence-electron chi connectivity index (χ2n) is 4.87. The van der Waals surface area contributed by atoms with Gasteiger partial charge in [0.1, 0.15) is 0 Å². The van der Waals surface area contributed by atoms with E-state index in [1.54, 1.807) is 24.3 Å². The molecule has 0 aliphatic heterocycles. The molecule has 0 saturated heterocycles. The van der Waals surface area contributed by atoms with Gasteiger partial charge in [0.25, 0.3) is 5.91 Å². The molecule has 5 nitrogen and oxygen atoms in total. The van der Waals surface area contributed by atoms with Gasteiger partial charge in [0.2, 0.25) is 10.0 Å². The maximum atomic E-state index is 12.3. The van der Waals surface area contributed by atoms with Crippen LogP contribution in [0, 0.1) is 0 Å². The lowest BCUT2D eigenvalue weighted by Gasteiger charge is -2.14. The molecule has 0 aromatic heterocycles. The summed E-state index contributed by atoms with van der Waals surface area (Å²) in [6.45, 7) is 0. The summed E-state index contributed by atoms with van der Waals surface area (Å²) in [5, 5.41) is 3.06. The average molecular weight is 418 g/mol. The van der Waals surface area contributed by atoms with Crippen LogP contribution < -0.4 is 5.32 Å². The minimum absolute atomic E-state index is 0.0225. The maximum Gasteiger partial charge on any atom is 0.255 e. The predicted molar refractivity (Wildman–Crippen MR) is 94.4 cm³/mol. The highest BCUT2D eigenvalue weighted by atomic mass is 79.9. The molecule has 0 atom stereocenters. The number of nitrogens with zero attached hydrogens (tertiary/aromatic N) is 1. The van der Waals surface area contributed by atoms with Gasteiger partial charge in [-0.25, -0.2) is 12.7 Å². The van der Waals surface area contributed by atoms with Crippen molar-refractivity contribution in [2.75, 3.05) is 19.4 Å². The monoisotopic (exact) mass is 416 g/mol. The molecule has 0 spiro atoms. The van der Waals surface area contributed by atoms with Gasteiger partial charge in [-0.15, -0.1) is 0 Å². The lowest BCUT2D eigenvalue weighted by atomic mass is 10.2. The zero-order chi connectivity index (χ0) is 17.2. The number of sulfonamides is 1. The largest absolute Gasteiger partial charge is 0.321 e. The van der Waals surface area contributed by atoms with E-state index in [9.17, 15) is 13.2 Å². The number of anilines is 1. The summed E-state index contributed by atoms with van der Waals surface area (Å²) >= 11 is 9.21. The van der Waals surface area contributed by atoms with Gasteiger partial charge in [0.15, 0.2) is 0 Å². The maximum absolute atomic E-state index is 12.3. The number of carbonyl (C=O) groups excluding carboxylic acids is 1. The van der Waals surface area contributed by atoms with Gasteiger partial charge in [0, 0.05) is 24.1 Å². The zero-order valence-electron chi connectivity index (χ0n) is 12.4. The Bertz CT molecular complexity index is 854. The fraction of sp³-hybridized carbons (Fsp3) is 0.133. The smallest absolute Gasteiger partial charge is 0.255 e. The van der Waals surface area contributed by atoms with E-state index in [0.717, 1.165) is 4.31 Å². The van der Waals surface area contributed by atoms with Gasteiger partial charge >= 0.3 is 0 Å². The van der Waals surface area contributed by atoms with Crippen LogP contribution in [0.15, 0.2) is 51.8 Å².